The molecule has 1 aromatic rings. The maximum Gasteiger partial charge on any atom is 0.214 e. The second-order valence-corrected chi connectivity index (χ2v) is 7.12. The first-order chi connectivity index (χ1) is 7.95. The molecule has 1 heterocycles. The Balaban J connectivity index is 2.32. The minimum absolute atomic E-state index is 0.0798. The minimum atomic E-state index is -3.13. The van der Waals surface area contributed by atoms with Gasteiger partial charge in [-0.25, -0.2) is 12.7 Å². The standard InChI is InChI=1S/C10H15N3O2S2/c1-13(2)17(14,15)6-5-12-8-10-4-3-9(7-11)16-10/h3-4,12H,5-6,8H2,1-2H3. The lowest BCUT2D eigenvalue weighted by molar-refractivity contribution is 0.517. The van der Waals surface area contributed by atoms with E-state index in [-0.39, 0.29) is 5.75 Å². The van der Waals surface area contributed by atoms with Crippen LogP contribution in [-0.4, -0.2) is 39.1 Å². The maximum absolute atomic E-state index is 11.4. The molecule has 17 heavy (non-hydrogen) atoms. The summed E-state index contributed by atoms with van der Waals surface area (Å²) >= 11 is 1.41. The van der Waals surface area contributed by atoms with Gasteiger partial charge in [0.15, 0.2) is 0 Å². The molecule has 0 unspecified atom stereocenters. The van der Waals surface area contributed by atoms with Crippen LogP contribution in [0.5, 0.6) is 0 Å². The lowest BCUT2D eigenvalue weighted by Crippen LogP contribution is -2.30. The highest BCUT2D eigenvalue weighted by molar-refractivity contribution is 7.89. The van der Waals surface area contributed by atoms with Crippen molar-refractivity contribution in [2.75, 3.05) is 26.4 Å². The van der Waals surface area contributed by atoms with Crippen molar-refractivity contribution >= 4 is 21.4 Å². The first-order valence-electron chi connectivity index (χ1n) is 5.05. The summed E-state index contributed by atoms with van der Waals surface area (Å²) in [5.41, 5.74) is 0. The molecule has 0 spiro atoms. The Labute approximate surface area is 106 Å². The van der Waals surface area contributed by atoms with Crippen molar-refractivity contribution in [3.05, 3.63) is 21.9 Å². The summed E-state index contributed by atoms with van der Waals surface area (Å²) < 4.78 is 24.1. The van der Waals surface area contributed by atoms with Gasteiger partial charge in [0.2, 0.25) is 10.0 Å². The van der Waals surface area contributed by atoms with E-state index in [1.807, 2.05) is 6.07 Å². The third-order valence-electron chi connectivity index (χ3n) is 2.16. The smallest absolute Gasteiger partial charge is 0.214 e. The van der Waals surface area contributed by atoms with E-state index in [9.17, 15) is 8.42 Å². The van der Waals surface area contributed by atoms with Crippen LogP contribution < -0.4 is 5.32 Å². The average Bonchev–Trinajstić information content (AvgIpc) is 2.72. The third kappa shape index (κ3) is 4.44. The molecule has 0 atom stereocenters. The fourth-order valence-electron chi connectivity index (χ4n) is 1.13. The summed E-state index contributed by atoms with van der Waals surface area (Å²) in [5.74, 6) is 0.0798. The Hall–Kier alpha value is -0.940. The molecule has 0 saturated carbocycles. The van der Waals surface area contributed by atoms with Crippen molar-refractivity contribution in [1.82, 2.24) is 9.62 Å². The van der Waals surface area contributed by atoms with Crippen molar-refractivity contribution in [3.63, 3.8) is 0 Å². The molecule has 1 aromatic heterocycles. The number of nitriles is 1. The molecule has 0 aliphatic heterocycles. The zero-order valence-corrected chi connectivity index (χ0v) is 11.4. The van der Waals surface area contributed by atoms with Crippen LogP contribution in [0, 0.1) is 11.3 Å². The normalized spacial score (nSPS) is 11.6. The predicted molar refractivity (Wildman–Crippen MR) is 68.2 cm³/mol. The summed E-state index contributed by atoms with van der Waals surface area (Å²) in [6.45, 7) is 0.996. The minimum Gasteiger partial charge on any atom is -0.311 e. The van der Waals surface area contributed by atoms with Crippen LogP contribution in [0.25, 0.3) is 0 Å². The molecule has 0 aromatic carbocycles. The van der Waals surface area contributed by atoms with Crippen molar-refractivity contribution in [2.24, 2.45) is 0 Å². The molecule has 7 heteroatoms. The van der Waals surface area contributed by atoms with Gasteiger partial charge in [0.1, 0.15) is 10.9 Å². The predicted octanol–water partition coefficient (Wildman–Crippen LogP) is 0.601. The van der Waals surface area contributed by atoms with E-state index in [1.54, 1.807) is 6.07 Å². The van der Waals surface area contributed by atoms with E-state index >= 15 is 0 Å². The highest BCUT2D eigenvalue weighted by Gasteiger charge is 2.12. The fraction of sp³-hybridized carbons (Fsp3) is 0.500. The summed E-state index contributed by atoms with van der Waals surface area (Å²) in [5, 5.41) is 11.7. The van der Waals surface area contributed by atoms with Crippen LogP contribution in [-0.2, 0) is 16.6 Å². The van der Waals surface area contributed by atoms with E-state index in [0.29, 0.717) is 18.0 Å². The molecule has 0 aliphatic carbocycles. The summed E-state index contributed by atoms with van der Waals surface area (Å²) in [6.07, 6.45) is 0. The largest absolute Gasteiger partial charge is 0.311 e. The molecule has 0 aliphatic rings. The lowest BCUT2D eigenvalue weighted by atomic mass is 10.4. The van der Waals surface area contributed by atoms with E-state index in [4.69, 9.17) is 5.26 Å². The average molecular weight is 273 g/mol. The van der Waals surface area contributed by atoms with Gasteiger partial charge in [0, 0.05) is 32.1 Å². The van der Waals surface area contributed by atoms with Gasteiger partial charge < -0.3 is 5.32 Å². The molecule has 1 N–H and O–H groups in total. The molecule has 0 fully saturated rings. The van der Waals surface area contributed by atoms with Crippen molar-refractivity contribution < 1.29 is 8.42 Å². The topological polar surface area (TPSA) is 73.2 Å². The highest BCUT2D eigenvalue weighted by Crippen LogP contribution is 2.14. The lowest BCUT2D eigenvalue weighted by Gasteiger charge is -2.11. The Morgan fingerprint density at radius 1 is 1.47 bits per heavy atom. The van der Waals surface area contributed by atoms with Crippen molar-refractivity contribution in [3.8, 4) is 6.07 Å². The Morgan fingerprint density at radius 3 is 2.71 bits per heavy atom. The van der Waals surface area contributed by atoms with Crippen molar-refractivity contribution in [1.29, 1.82) is 5.26 Å². The SMILES string of the molecule is CN(C)S(=O)(=O)CCNCc1ccc(C#N)s1. The van der Waals surface area contributed by atoms with Gasteiger partial charge in [0.25, 0.3) is 0 Å². The number of thiophene rings is 1. The quantitative estimate of drug-likeness (QED) is 0.770. The summed E-state index contributed by atoms with van der Waals surface area (Å²) in [4.78, 5) is 1.70. The maximum atomic E-state index is 11.4. The van der Waals surface area contributed by atoms with Crippen LogP contribution in [0.4, 0.5) is 0 Å². The van der Waals surface area contributed by atoms with Gasteiger partial charge in [-0.2, -0.15) is 5.26 Å². The first kappa shape index (κ1) is 14.1. The molecule has 0 saturated heterocycles. The molecule has 0 bridgehead atoms. The monoisotopic (exact) mass is 273 g/mol. The zero-order chi connectivity index (χ0) is 12.9. The number of hydrogen-bond donors (Lipinski definition) is 1. The van der Waals surface area contributed by atoms with Gasteiger partial charge in [-0.05, 0) is 12.1 Å². The molecule has 94 valence electrons. The van der Waals surface area contributed by atoms with E-state index in [1.165, 1.54) is 29.7 Å². The number of sulfonamides is 1. The van der Waals surface area contributed by atoms with E-state index in [2.05, 4.69) is 11.4 Å². The molecular weight excluding hydrogens is 258 g/mol. The third-order valence-corrected chi connectivity index (χ3v) is 4.99. The van der Waals surface area contributed by atoms with Crippen LogP contribution in [0.15, 0.2) is 12.1 Å². The van der Waals surface area contributed by atoms with Gasteiger partial charge >= 0.3 is 0 Å². The fourth-order valence-corrected chi connectivity index (χ4v) is 2.67. The second kappa shape index (κ2) is 6.12. The Morgan fingerprint density at radius 2 is 2.18 bits per heavy atom. The molecule has 0 radical (unpaired) electrons. The molecule has 1 rings (SSSR count). The highest BCUT2D eigenvalue weighted by atomic mass is 32.2. The van der Waals surface area contributed by atoms with Crippen LogP contribution >= 0.6 is 11.3 Å². The van der Waals surface area contributed by atoms with E-state index < -0.39 is 10.0 Å². The Bertz CT molecular complexity index is 500. The van der Waals surface area contributed by atoms with Crippen LogP contribution in [0.2, 0.25) is 0 Å². The molecular formula is C10H15N3O2S2. The first-order valence-corrected chi connectivity index (χ1v) is 7.48. The number of rotatable bonds is 6. The van der Waals surface area contributed by atoms with Gasteiger partial charge in [0.05, 0.1) is 5.75 Å². The van der Waals surface area contributed by atoms with Crippen molar-refractivity contribution in [2.45, 2.75) is 6.54 Å². The van der Waals surface area contributed by atoms with Crippen LogP contribution in [0.3, 0.4) is 0 Å². The van der Waals surface area contributed by atoms with E-state index in [0.717, 1.165) is 4.88 Å². The van der Waals surface area contributed by atoms with Gasteiger partial charge in [-0.3, -0.25) is 0 Å². The summed E-state index contributed by atoms with van der Waals surface area (Å²) in [6, 6.07) is 5.70. The van der Waals surface area contributed by atoms with Crippen LogP contribution in [0.1, 0.15) is 9.75 Å². The van der Waals surface area contributed by atoms with Gasteiger partial charge in [-0.15, -0.1) is 11.3 Å². The number of nitrogens with one attached hydrogen (secondary N) is 1. The summed E-state index contributed by atoms with van der Waals surface area (Å²) in [7, 11) is -0.0869. The Kier molecular flexibility index (Phi) is 5.08. The number of nitrogens with zero attached hydrogens (tertiary/aromatic N) is 2. The molecule has 0 amide bonds. The zero-order valence-electron chi connectivity index (χ0n) is 9.80. The van der Waals surface area contributed by atoms with Gasteiger partial charge in [-0.1, -0.05) is 0 Å². The number of hydrogen-bond acceptors (Lipinski definition) is 5. The second-order valence-electron chi connectivity index (χ2n) is 3.65. The molecule has 5 nitrogen and oxygen atoms in total.